The molecule has 168 valence electrons. The lowest BCUT2D eigenvalue weighted by Gasteiger charge is -2.41. The fourth-order valence-electron chi connectivity index (χ4n) is 4.39. The number of nitrogens with zero attached hydrogens (tertiary/aromatic N) is 4. The second-order valence-electron chi connectivity index (χ2n) is 9.29. The summed E-state index contributed by atoms with van der Waals surface area (Å²) in [7, 11) is 8.05. The van der Waals surface area contributed by atoms with Crippen molar-refractivity contribution in [3.8, 4) is 0 Å². The highest BCUT2D eigenvalue weighted by Crippen LogP contribution is 2.34. The van der Waals surface area contributed by atoms with Crippen LogP contribution in [0.5, 0.6) is 0 Å². The van der Waals surface area contributed by atoms with E-state index in [2.05, 4.69) is 37.4 Å². The molecule has 1 N–H and O–H groups in total. The van der Waals surface area contributed by atoms with Gasteiger partial charge >= 0.3 is 0 Å². The molecule has 0 spiro atoms. The number of aryl methyl sites for hydroxylation is 3. The molecule has 1 aliphatic heterocycles. The number of pyridine rings is 1. The van der Waals surface area contributed by atoms with Crippen molar-refractivity contribution in [2.75, 3.05) is 33.1 Å². The van der Waals surface area contributed by atoms with Gasteiger partial charge in [-0.3, -0.25) is 15.1 Å². The van der Waals surface area contributed by atoms with Crippen molar-refractivity contribution >= 4 is 28.5 Å². The van der Waals surface area contributed by atoms with Crippen molar-refractivity contribution in [3.63, 3.8) is 0 Å². The largest absolute Gasteiger partial charge is 0.500 e. The molecule has 1 unspecified atom stereocenters. The maximum atomic E-state index is 13.2. The van der Waals surface area contributed by atoms with Crippen molar-refractivity contribution in [2.45, 2.75) is 33.2 Å². The molecule has 7 heteroatoms. The van der Waals surface area contributed by atoms with Gasteiger partial charge < -0.3 is 13.8 Å². The smallest absolute Gasteiger partial charge is 0.258 e. The standard InChI is InChI=1S/C25H31N5O2/c1-15-8-9-19-21(12-15)29(4)25(27-19)28-24(31)18-13-16(2)26-20(14-18)23-17(3)30(5,6)11-10-22(23)32-7/h8-9,12-14,17H,10-11H2,1-7H3/p+1. The average molecular weight is 435 g/mol. The van der Waals surface area contributed by atoms with E-state index < -0.39 is 0 Å². The number of hydrogen-bond acceptors (Lipinski definition) is 4. The molecule has 0 saturated carbocycles. The number of rotatable bonds is 4. The Morgan fingerprint density at radius 1 is 1.19 bits per heavy atom. The number of carbonyl (C=O) groups excluding carboxylic acids is 1. The van der Waals surface area contributed by atoms with Gasteiger partial charge in [-0.2, -0.15) is 0 Å². The highest BCUT2D eigenvalue weighted by molar-refractivity contribution is 6.04. The summed E-state index contributed by atoms with van der Waals surface area (Å²) in [6.45, 7) is 7.15. The molecule has 0 bridgehead atoms. The van der Waals surface area contributed by atoms with E-state index in [-0.39, 0.29) is 11.9 Å². The SMILES string of the molecule is COC1=C(c2cc(C(=O)Nc3nc4ccc(C)cc4n3C)cc(C)n2)C(C)[N+](C)(C)CC1. The van der Waals surface area contributed by atoms with Crippen LogP contribution in [0.25, 0.3) is 16.6 Å². The highest BCUT2D eigenvalue weighted by atomic mass is 16.5. The third kappa shape index (κ3) is 3.88. The van der Waals surface area contributed by atoms with Crippen LogP contribution < -0.4 is 5.32 Å². The molecule has 0 radical (unpaired) electrons. The number of likely N-dealkylation sites (N-methyl/N-ethyl adjacent to an activating group) is 1. The number of nitrogens with one attached hydrogen (secondary N) is 1. The molecular formula is C25H32N5O2+. The van der Waals surface area contributed by atoms with Gasteiger partial charge in [-0.1, -0.05) is 6.07 Å². The van der Waals surface area contributed by atoms with E-state index in [1.54, 1.807) is 7.11 Å². The maximum absolute atomic E-state index is 13.2. The minimum Gasteiger partial charge on any atom is -0.500 e. The molecule has 3 heterocycles. The number of fused-ring (bicyclic) bond motifs is 1. The van der Waals surface area contributed by atoms with Crippen LogP contribution in [-0.2, 0) is 11.8 Å². The molecule has 4 rings (SSSR count). The van der Waals surface area contributed by atoms with Crippen LogP contribution in [0.3, 0.4) is 0 Å². The molecule has 1 amide bonds. The van der Waals surface area contributed by atoms with Crippen molar-refractivity contribution in [1.82, 2.24) is 14.5 Å². The summed E-state index contributed by atoms with van der Waals surface area (Å²) in [5.74, 6) is 1.26. The normalized spacial score (nSPS) is 18.2. The van der Waals surface area contributed by atoms with Crippen molar-refractivity contribution in [3.05, 3.63) is 58.6 Å². The second kappa shape index (κ2) is 8.06. The molecular weight excluding hydrogens is 402 g/mol. The number of quaternary nitrogens is 1. The van der Waals surface area contributed by atoms with Crippen LogP contribution in [0.15, 0.2) is 36.1 Å². The van der Waals surface area contributed by atoms with Gasteiger partial charge in [0, 0.05) is 18.3 Å². The first kappa shape index (κ1) is 22.0. The van der Waals surface area contributed by atoms with Crippen LogP contribution in [0, 0.1) is 13.8 Å². The predicted molar refractivity (Wildman–Crippen MR) is 127 cm³/mol. The van der Waals surface area contributed by atoms with Crippen LogP contribution in [0.1, 0.15) is 40.7 Å². The summed E-state index contributed by atoms with van der Waals surface area (Å²) < 4.78 is 8.49. The van der Waals surface area contributed by atoms with Gasteiger partial charge in [0.05, 0.1) is 56.5 Å². The first-order valence-corrected chi connectivity index (χ1v) is 10.9. The first-order valence-electron chi connectivity index (χ1n) is 10.9. The predicted octanol–water partition coefficient (Wildman–Crippen LogP) is 4.06. The third-order valence-electron chi connectivity index (χ3n) is 6.68. The van der Waals surface area contributed by atoms with E-state index in [4.69, 9.17) is 9.72 Å². The Hall–Kier alpha value is -3.19. The molecule has 2 aromatic heterocycles. The number of amides is 1. The minimum atomic E-state index is -0.205. The lowest BCUT2D eigenvalue weighted by molar-refractivity contribution is -0.906. The number of ether oxygens (including phenoxy) is 1. The monoisotopic (exact) mass is 434 g/mol. The Balaban J connectivity index is 1.71. The molecule has 0 saturated heterocycles. The number of hydrogen-bond donors (Lipinski definition) is 1. The minimum absolute atomic E-state index is 0.201. The maximum Gasteiger partial charge on any atom is 0.258 e. The van der Waals surface area contributed by atoms with Crippen LogP contribution in [0.4, 0.5) is 5.95 Å². The van der Waals surface area contributed by atoms with E-state index in [9.17, 15) is 4.79 Å². The molecule has 0 fully saturated rings. The third-order valence-corrected chi connectivity index (χ3v) is 6.68. The fourth-order valence-corrected chi connectivity index (χ4v) is 4.39. The molecule has 0 aliphatic carbocycles. The van der Waals surface area contributed by atoms with Crippen LogP contribution in [-0.4, -0.2) is 58.7 Å². The van der Waals surface area contributed by atoms with E-state index in [1.165, 1.54) is 0 Å². The van der Waals surface area contributed by atoms with Gasteiger partial charge in [0.2, 0.25) is 5.95 Å². The zero-order valence-corrected chi connectivity index (χ0v) is 20.0. The second-order valence-corrected chi connectivity index (χ2v) is 9.29. The topological polar surface area (TPSA) is 69.0 Å². The van der Waals surface area contributed by atoms with Crippen molar-refractivity contribution in [1.29, 1.82) is 0 Å². The van der Waals surface area contributed by atoms with E-state index in [1.807, 2.05) is 49.7 Å². The molecule has 1 aliphatic rings. The van der Waals surface area contributed by atoms with Gasteiger partial charge in [0.15, 0.2) is 0 Å². The average Bonchev–Trinajstić information content (AvgIpc) is 3.04. The summed E-state index contributed by atoms with van der Waals surface area (Å²) in [6.07, 6.45) is 0.847. The van der Waals surface area contributed by atoms with Crippen molar-refractivity contribution in [2.24, 2.45) is 7.05 Å². The van der Waals surface area contributed by atoms with E-state index in [0.717, 1.165) is 56.8 Å². The summed E-state index contributed by atoms with van der Waals surface area (Å²) >= 11 is 0. The fraction of sp³-hybridized carbons (Fsp3) is 0.400. The Kier molecular flexibility index (Phi) is 5.54. The zero-order valence-electron chi connectivity index (χ0n) is 20.0. The molecule has 32 heavy (non-hydrogen) atoms. The van der Waals surface area contributed by atoms with Gasteiger partial charge in [-0.05, 0) is 50.6 Å². The lowest BCUT2D eigenvalue weighted by atomic mass is 9.93. The lowest BCUT2D eigenvalue weighted by Crippen LogP contribution is -2.51. The van der Waals surface area contributed by atoms with E-state index in [0.29, 0.717) is 11.5 Å². The Morgan fingerprint density at radius 2 is 1.94 bits per heavy atom. The van der Waals surface area contributed by atoms with Crippen LogP contribution >= 0.6 is 0 Å². The summed E-state index contributed by atoms with van der Waals surface area (Å²) in [5, 5.41) is 2.98. The van der Waals surface area contributed by atoms with Crippen LogP contribution in [0.2, 0.25) is 0 Å². The zero-order chi connectivity index (χ0) is 23.2. The molecule has 1 aromatic carbocycles. The van der Waals surface area contributed by atoms with Gasteiger partial charge in [-0.15, -0.1) is 0 Å². The Bertz CT molecular complexity index is 1240. The Morgan fingerprint density at radius 3 is 2.66 bits per heavy atom. The highest BCUT2D eigenvalue weighted by Gasteiger charge is 2.36. The number of methoxy groups -OCH3 is 1. The first-order chi connectivity index (χ1) is 15.1. The number of imidazole rings is 1. The van der Waals surface area contributed by atoms with Gasteiger partial charge in [0.1, 0.15) is 11.8 Å². The molecule has 7 nitrogen and oxygen atoms in total. The molecule has 1 atom stereocenters. The van der Waals surface area contributed by atoms with E-state index >= 15 is 0 Å². The number of anilines is 1. The number of aromatic nitrogens is 3. The Labute approximate surface area is 189 Å². The summed E-state index contributed by atoms with van der Waals surface area (Å²) in [5.41, 5.74) is 6.20. The van der Waals surface area contributed by atoms with Gasteiger partial charge in [0.25, 0.3) is 5.91 Å². The number of carbonyl (C=O) groups is 1. The van der Waals surface area contributed by atoms with Gasteiger partial charge in [-0.25, -0.2) is 4.98 Å². The molecule has 3 aromatic rings. The quantitative estimate of drug-likeness (QED) is 0.629. The van der Waals surface area contributed by atoms with Crippen molar-refractivity contribution < 1.29 is 14.0 Å². The number of benzene rings is 1. The summed E-state index contributed by atoms with van der Waals surface area (Å²) in [6, 6.07) is 9.93. The summed E-state index contributed by atoms with van der Waals surface area (Å²) in [4.78, 5) is 22.6.